The first kappa shape index (κ1) is 13.3. The van der Waals surface area contributed by atoms with E-state index in [2.05, 4.69) is 16.7 Å². The lowest BCUT2D eigenvalue weighted by Crippen LogP contribution is -2.47. The standard InChI is InChI=1S/C11H23N3O2S/c1-13-7-3-2-6-11(13)10-12-17(15,16)14-8-4-5-9-14/h11-12H,2-10H2,1H3. The lowest BCUT2D eigenvalue weighted by molar-refractivity contribution is 0.187. The van der Waals surface area contributed by atoms with Gasteiger partial charge in [0, 0.05) is 25.7 Å². The second-order valence-electron chi connectivity index (χ2n) is 5.09. The molecule has 0 aromatic rings. The van der Waals surface area contributed by atoms with Crippen LogP contribution in [-0.4, -0.2) is 56.9 Å². The molecule has 2 rings (SSSR count). The fraction of sp³-hybridized carbons (Fsp3) is 1.00. The molecule has 0 aromatic carbocycles. The van der Waals surface area contributed by atoms with Crippen LogP contribution in [0.15, 0.2) is 0 Å². The molecular weight excluding hydrogens is 238 g/mol. The van der Waals surface area contributed by atoms with Crippen LogP contribution >= 0.6 is 0 Å². The summed E-state index contributed by atoms with van der Waals surface area (Å²) >= 11 is 0. The minimum atomic E-state index is -3.23. The molecule has 1 atom stereocenters. The zero-order chi connectivity index (χ0) is 12.3. The highest BCUT2D eigenvalue weighted by Crippen LogP contribution is 2.15. The van der Waals surface area contributed by atoms with Gasteiger partial charge in [0.05, 0.1) is 0 Å². The van der Waals surface area contributed by atoms with Crippen LogP contribution in [-0.2, 0) is 10.2 Å². The molecule has 2 fully saturated rings. The summed E-state index contributed by atoms with van der Waals surface area (Å²) in [4.78, 5) is 2.26. The first-order valence-corrected chi connectivity index (χ1v) is 7.98. The van der Waals surface area contributed by atoms with Gasteiger partial charge in [0.1, 0.15) is 0 Å². The van der Waals surface area contributed by atoms with E-state index < -0.39 is 10.2 Å². The Morgan fingerprint density at radius 1 is 1.12 bits per heavy atom. The third-order valence-corrected chi connectivity index (χ3v) is 5.40. The number of hydrogen-bond acceptors (Lipinski definition) is 3. The molecule has 0 aromatic heterocycles. The highest BCUT2D eigenvalue weighted by molar-refractivity contribution is 7.87. The zero-order valence-electron chi connectivity index (χ0n) is 10.6. The van der Waals surface area contributed by atoms with E-state index in [0.29, 0.717) is 25.7 Å². The molecule has 0 aliphatic carbocycles. The third-order valence-electron chi connectivity index (χ3n) is 3.83. The van der Waals surface area contributed by atoms with Gasteiger partial charge in [-0.2, -0.15) is 12.7 Å². The fourth-order valence-electron chi connectivity index (χ4n) is 2.62. The van der Waals surface area contributed by atoms with Crippen molar-refractivity contribution >= 4 is 10.2 Å². The van der Waals surface area contributed by atoms with E-state index in [0.717, 1.165) is 25.8 Å². The quantitative estimate of drug-likeness (QED) is 0.797. The average Bonchev–Trinajstić information content (AvgIpc) is 2.82. The van der Waals surface area contributed by atoms with E-state index >= 15 is 0 Å². The molecule has 2 saturated heterocycles. The number of nitrogens with one attached hydrogen (secondary N) is 1. The maximum Gasteiger partial charge on any atom is 0.279 e. The predicted molar refractivity (Wildman–Crippen MR) is 68.0 cm³/mol. The Hall–Kier alpha value is -0.170. The lowest BCUT2D eigenvalue weighted by atomic mass is 10.0. The average molecular weight is 261 g/mol. The topological polar surface area (TPSA) is 52.7 Å². The van der Waals surface area contributed by atoms with Crippen LogP contribution in [0.5, 0.6) is 0 Å². The van der Waals surface area contributed by atoms with Gasteiger partial charge in [-0.25, -0.2) is 4.72 Å². The smallest absolute Gasteiger partial charge is 0.279 e. The maximum absolute atomic E-state index is 12.0. The van der Waals surface area contributed by atoms with Gasteiger partial charge in [-0.05, 0) is 39.3 Å². The molecule has 100 valence electrons. The summed E-state index contributed by atoms with van der Waals surface area (Å²) in [6.07, 6.45) is 5.51. The minimum absolute atomic E-state index is 0.362. The van der Waals surface area contributed by atoms with E-state index in [1.165, 1.54) is 12.8 Å². The van der Waals surface area contributed by atoms with Gasteiger partial charge in [-0.15, -0.1) is 0 Å². The highest BCUT2D eigenvalue weighted by atomic mass is 32.2. The van der Waals surface area contributed by atoms with Crippen LogP contribution < -0.4 is 4.72 Å². The van der Waals surface area contributed by atoms with Crippen LogP contribution in [0.25, 0.3) is 0 Å². The second-order valence-corrected chi connectivity index (χ2v) is 6.85. The second kappa shape index (κ2) is 5.65. The molecule has 1 N–H and O–H groups in total. The summed E-state index contributed by atoms with van der Waals surface area (Å²) in [5.74, 6) is 0. The summed E-state index contributed by atoms with van der Waals surface area (Å²) < 4.78 is 28.3. The number of likely N-dealkylation sites (N-methyl/N-ethyl adjacent to an activating group) is 1. The maximum atomic E-state index is 12.0. The van der Waals surface area contributed by atoms with Crippen molar-refractivity contribution in [2.45, 2.75) is 38.1 Å². The van der Waals surface area contributed by atoms with Gasteiger partial charge >= 0.3 is 0 Å². The Kier molecular flexibility index (Phi) is 4.41. The van der Waals surface area contributed by atoms with Crippen molar-refractivity contribution in [1.29, 1.82) is 0 Å². The van der Waals surface area contributed by atoms with Gasteiger partial charge in [0.15, 0.2) is 0 Å². The molecule has 2 heterocycles. The van der Waals surface area contributed by atoms with Crippen molar-refractivity contribution in [3.8, 4) is 0 Å². The number of likely N-dealkylation sites (tertiary alicyclic amines) is 1. The Morgan fingerprint density at radius 3 is 2.41 bits per heavy atom. The van der Waals surface area contributed by atoms with Crippen molar-refractivity contribution in [2.24, 2.45) is 0 Å². The van der Waals surface area contributed by atoms with Gasteiger partial charge in [-0.1, -0.05) is 6.42 Å². The van der Waals surface area contributed by atoms with Crippen LogP contribution in [0, 0.1) is 0 Å². The van der Waals surface area contributed by atoms with Crippen molar-refractivity contribution < 1.29 is 8.42 Å². The zero-order valence-corrected chi connectivity index (χ0v) is 11.4. The van der Waals surface area contributed by atoms with E-state index in [1.54, 1.807) is 4.31 Å². The molecule has 1 unspecified atom stereocenters. The molecule has 5 nitrogen and oxygen atoms in total. The Morgan fingerprint density at radius 2 is 1.76 bits per heavy atom. The summed E-state index contributed by atoms with van der Waals surface area (Å²) in [5.41, 5.74) is 0. The molecule has 0 saturated carbocycles. The van der Waals surface area contributed by atoms with Crippen LogP contribution in [0.4, 0.5) is 0 Å². The summed E-state index contributed by atoms with van der Waals surface area (Å²) in [7, 11) is -1.15. The number of hydrogen-bond donors (Lipinski definition) is 1. The van der Waals surface area contributed by atoms with E-state index in [9.17, 15) is 8.42 Å². The number of rotatable bonds is 4. The van der Waals surface area contributed by atoms with Gasteiger partial charge in [0.2, 0.25) is 0 Å². The van der Waals surface area contributed by atoms with Crippen LogP contribution in [0.1, 0.15) is 32.1 Å². The van der Waals surface area contributed by atoms with Crippen molar-refractivity contribution in [1.82, 2.24) is 13.9 Å². The first-order valence-electron chi connectivity index (χ1n) is 6.54. The van der Waals surface area contributed by atoms with Gasteiger partial charge in [-0.3, -0.25) is 0 Å². The summed E-state index contributed by atoms with van der Waals surface area (Å²) in [5, 5.41) is 0. The van der Waals surface area contributed by atoms with E-state index in [4.69, 9.17) is 0 Å². The van der Waals surface area contributed by atoms with E-state index in [1.807, 2.05) is 0 Å². The van der Waals surface area contributed by atoms with Crippen molar-refractivity contribution in [3.05, 3.63) is 0 Å². The highest BCUT2D eigenvalue weighted by Gasteiger charge is 2.27. The van der Waals surface area contributed by atoms with Gasteiger partial charge < -0.3 is 4.90 Å². The normalized spacial score (nSPS) is 28.6. The van der Waals surface area contributed by atoms with E-state index in [-0.39, 0.29) is 0 Å². The molecule has 0 spiro atoms. The molecule has 0 bridgehead atoms. The number of piperidine rings is 1. The molecular formula is C11H23N3O2S. The molecule has 0 amide bonds. The lowest BCUT2D eigenvalue weighted by Gasteiger charge is -2.32. The molecule has 2 aliphatic heterocycles. The fourth-order valence-corrected chi connectivity index (χ4v) is 3.95. The summed E-state index contributed by atoms with van der Waals surface area (Å²) in [6.45, 7) is 2.98. The SMILES string of the molecule is CN1CCCCC1CNS(=O)(=O)N1CCCC1. The minimum Gasteiger partial charge on any atom is -0.302 e. The first-order chi connectivity index (χ1) is 8.09. The summed E-state index contributed by atoms with van der Waals surface area (Å²) in [6, 6.07) is 0.362. The molecule has 0 radical (unpaired) electrons. The molecule has 2 aliphatic rings. The largest absolute Gasteiger partial charge is 0.302 e. The van der Waals surface area contributed by atoms with Gasteiger partial charge in [0.25, 0.3) is 10.2 Å². The van der Waals surface area contributed by atoms with Crippen molar-refractivity contribution in [2.75, 3.05) is 33.2 Å². The Balaban J connectivity index is 1.84. The van der Waals surface area contributed by atoms with Crippen LogP contribution in [0.3, 0.4) is 0 Å². The Bertz CT molecular complexity index is 339. The molecule has 17 heavy (non-hydrogen) atoms. The monoisotopic (exact) mass is 261 g/mol. The third kappa shape index (κ3) is 3.40. The predicted octanol–water partition coefficient (Wildman–Crippen LogP) is 0.401. The van der Waals surface area contributed by atoms with Crippen molar-refractivity contribution in [3.63, 3.8) is 0 Å². The Labute approximate surface area is 104 Å². The molecule has 6 heteroatoms. The van der Waals surface area contributed by atoms with Crippen LogP contribution in [0.2, 0.25) is 0 Å². The number of nitrogens with zero attached hydrogens (tertiary/aromatic N) is 2.